The van der Waals surface area contributed by atoms with Crippen molar-refractivity contribution in [1.29, 1.82) is 0 Å². The Balaban J connectivity index is 2.00. The maximum absolute atomic E-state index is 12.2. The molecule has 0 fully saturated rings. The van der Waals surface area contributed by atoms with E-state index in [-0.39, 0.29) is 11.8 Å². The molecule has 0 aromatic carbocycles. The van der Waals surface area contributed by atoms with Gasteiger partial charge >= 0.3 is 5.97 Å². The Morgan fingerprint density at radius 3 is 3.00 bits per heavy atom. The Morgan fingerprint density at radius 2 is 2.35 bits per heavy atom. The van der Waals surface area contributed by atoms with E-state index in [0.717, 1.165) is 25.0 Å². The molecule has 0 saturated carbocycles. The van der Waals surface area contributed by atoms with Gasteiger partial charge in [0.15, 0.2) is 0 Å². The van der Waals surface area contributed by atoms with E-state index in [2.05, 4.69) is 10.4 Å². The van der Waals surface area contributed by atoms with Crippen LogP contribution >= 0.6 is 0 Å². The SMILES string of the molecule is CCCC(NC(=O)C1CCc2cnn(C)c2C1)C(=O)O. The number of carboxylic acids is 1. The van der Waals surface area contributed by atoms with Crippen molar-refractivity contribution in [2.24, 2.45) is 13.0 Å². The molecule has 0 aliphatic heterocycles. The molecular weight excluding hydrogens is 258 g/mol. The van der Waals surface area contributed by atoms with Crippen LogP contribution in [0.15, 0.2) is 6.20 Å². The molecule has 2 N–H and O–H groups in total. The number of carbonyl (C=O) groups is 2. The van der Waals surface area contributed by atoms with E-state index >= 15 is 0 Å². The van der Waals surface area contributed by atoms with Gasteiger partial charge < -0.3 is 10.4 Å². The number of carboxylic acid groups (broad SMARTS) is 1. The fourth-order valence-corrected chi connectivity index (χ4v) is 2.70. The number of hydrogen-bond acceptors (Lipinski definition) is 3. The number of nitrogens with zero attached hydrogens (tertiary/aromatic N) is 2. The lowest BCUT2D eigenvalue weighted by Gasteiger charge is -2.24. The van der Waals surface area contributed by atoms with Crippen molar-refractivity contribution in [1.82, 2.24) is 15.1 Å². The lowest BCUT2D eigenvalue weighted by molar-refractivity contribution is -0.142. The van der Waals surface area contributed by atoms with Crippen molar-refractivity contribution in [3.8, 4) is 0 Å². The highest BCUT2D eigenvalue weighted by Crippen LogP contribution is 2.25. The molecule has 110 valence electrons. The van der Waals surface area contributed by atoms with Crippen molar-refractivity contribution >= 4 is 11.9 Å². The number of amides is 1. The van der Waals surface area contributed by atoms with Gasteiger partial charge in [-0.15, -0.1) is 0 Å². The number of nitrogens with one attached hydrogen (secondary N) is 1. The van der Waals surface area contributed by atoms with Gasteiger partial charge in [-0.25, -0.2) is 4.79 Å². The average molecular weight is 279 g/mol. The van der Waals surface area contributed by atoms with Gasteiger partial charge in [-0.05, 0) is 24.8 Å². The van der Waals surface area contributed by atoms with Crippen LogP contribution in [0.25, 0.3) is 0 Å². The third-order valence-corrected chi connectivity index (χ3v) is 3.91. The minimum absolute atomic E-state index is 0.155. The monoisotopic (exact) mass is 279 g/mol. The Labute approximate surface area is 118 Å². The summed E-state index contributed by atoms with van der Waals surface area (Å²) in [4.78, 5) is 23.3. The highest BCUT2D eigenvalue weighted by atomic mass is 16.4. The number of aryl methyl sites for hydroxylation is 2. The minimum atomic E-state index is -0.961. The van der Waals surface area contributed by atoms with Gasteiger partial charge in [0, 0.05) is 25.1 Å². The van der Waals surface area contributed by atoms with Crippen molar-refractivity contribution in [2.75, 3.05) is 0 Å². The lowest BCUT2D eigenvalue weighted by Crippen LogP contribution is -2.44. The Morgan fingerprint density at radius 1 is 1.60 bits per heavy atom. The summed E-state index contributed by atoms with van der Waals surface area (Å²) >= 11 is 0. The van der Waals surface area contributed by atoms with Gasteiger partial charge in [0.05, 0.1) is 6.20 Å². The van der Waals surface area contributed by atoms with Crippen LogP contribution in [0.1, 0.15) is 37.4 Å². The fourth-order valence-electron chi connectivity index (χ4n) is 2.70. The van der Waals surface area contributed by atoms with Crippen LogP contribution in [0.5, 0.6) is 0 Å². The van der Waals surface area contributed by atoms with Gasteiger partial charge in [-0.1, -0.05) is 13.3 Å². The van der Waals surface area contributed by atoms with Gasteiger partial charge in [0.2, 0.25) is 5.91 Å². The highest BCUT2D eigenvalue weighted by molar-refractivity contribution is 5.85. The zero-order valence-electron chi connectivity index (χ0n) is 11.9. The van der Waals surface area contributed by atoms with E-state index in [1.54, 1.807) is 4.68 Å². The van der Waals surface area contributed by atoms with Crippen molar-refractivity contribution < 1.29 is 14.7 Å². The molecule has 0 bridgehead atoms. The van der Waals surface area contributed by atoms with Crippen molar-refractivity contribution in [3.63, 3.8) is 0 Å². The summed E-state index contributed by atoms with van der Waals surface area (Å²) in [6.07, 6.45) is 5.25. The largest absolute Gasteiger partial charge is 0.480 e. The number of aromatic nitrogens is 2. The molecule has 2 rings (SSSR count). The Kier molecular flexibility index (Phi) is 4.42. The molecule has 0 saturated heterocycles. The van der Waals surface area contributed by atoms with Gasteiger partial charge in [0.1, 0.15) is 6.04 Å². The molecule has 2 unspecified atom stereocenters. The van der Waals surface area contributed by atoms with Crippen LogP contribution in [0.4, 0.5) is 0 Å². The molecular formula is C14H21N3O3. The zero-order valence-corrected chi connectivity index (χ0v) is 11.9. The normalized spacial score (nSPS) is 19.2. The van der Waals surface area contributed by atoms with Gasteiger partial charge in [0.25, 0.3) is 0 Å². The molecule has 1 heterocycles. The number of carbonyl (C=O) groups excluding carboxylic acids is 1. The summed E-state index contributed by atoms with van der Waals surface area (Å²) in [7, 11) is 1.87. The minimum Gasteiger partial charge on any atom is -0.480 e. The summed E-state index contributed by atoms with van der Waals surface area (Å²) in [5.41, 5.74) is 2.28. The zero-order chi connectivity index (χ0) is 14.7. The summed E-state index contributed by atoms with van der Waals surface area (Å²) in [5.74, 6) is -1.27. The van der Waals surface area contributed by atoms with E-state index in [1.807, 2.05) is 20.2 Å². The average Bonchev–Trinajstić information content (AvgIpc) is 2.79. The van der Waals surface area contributed by atoms with Gasteiger partial charge in [-0.2, -0.15) is 5.10 Å². The Hall–Kier alpha value is -1.85. The first-order valence-corrected chi connectivity index (χ1v) is 7.05. The maximum Gasteiger partial charge on any atom is 0.326 e. The van der Waals surface area contributed by atoms with E-state index < -0.39 is 12.0 Å². The van der Waals surface area contributed by atoms with Crippen LogP contribution in [-0.4, -0.2) is 32.8 Å². The van der Waals surface area contributed by atoms with Crippen LogP contribution in [0.3, 0.4) is 0 Å². The Bertz CT molecular complexity index is 510. The summed E-state index contributed by atoms with van der Waals surface area (Å²) < 4.78 is 1.80. The van der Waals surface area contributed by atoms with E-state index in [0.29, 0.717) is 12.8 Å². The molecule has 1 aliphatic carbocycles. The molecule has 1 aliphatic rings. The topological polar surface area (TPSA) is 84.2 Å². The fraction of sp³-hybridized carbons (Fsp3) is 0.643. The quantitative estimate of drug-likeness (QED) is 0.838. The molecule has 0 spiro atoms. The molecule has 1 aromatic rings. The predicted octanol–water partition coefficient (Wildman–Crippen LogP) is 0.894. The number of hydrogen-bond donors (Lipinski definition) is 2. The molecule has 2 atom stereocenters. The smallest absolute Gasteiger partial charge is 0.326 e. The highest BCUT2D eigenvalue weighted by Gasteiger charge is 2.29. The molecule has 1 aromatic heterocycles. The van der Waals surface area contributed by atoms with E-state index in [4.69, 9.17) is 5.11 Å². The standard InChI is InChI=1S/C14H21N3O3/c1-3-4-11(14(19)20)16-13(18)9-5-6-10-8-15-17(2)12(10)7-9/h8-9,11H,3-7H2,1-2H3,(H,16,18)(H,19,20). The van der Waals surface area contributed by atoms with Crippen molar-refractivity contribution in [2.45, 2.75) is 45.1 Å². The molecule has 1 amide bonds. The predicted molar refractivity (Wildman–Crippen MR) is 73.2 cm³/mol. The van der Waals surface area contributed by atoms with Crippen LogP contribution in [-0.2, 0) is 29.5 Å². The molecule has 6 heteroatoms. The number of fused-ring (bicyclic) bond motifs is 1. The molecule has 0 radical (unpaired) electrons. The first-order valence-electron chi connectivity index (χ1n) is 7.05. The molecule has 6 nitrogen and oxygen atoms in total. The van der Waals surface area contributed by atoms with E-state index in [9.17, 15) is 9.59 Å². The second-order valence-corrected chi connectivity index (χ2v) is 5.37. The van der Waals surface area contributed by atoms with Gasteiger partial charge in [-0.3, -0.25) is 9.48 Å². The second kappa shape index (κ2) is 6.07. The summed E-state index contributed by atoms with van der Waals surface area (Å²) in [6.45, 7) is 1.91. The van der Waals surface area contributed by atoms with Crippen LogP contribution in [0, 0.1) is 5.92 Å². The molecule has 20 heavy (non-hydrogen) atoms. The summed E-state index contributed by atoms with van der Waals surface area (Å²) in [5, 5.41) is 16.0. The lowest BCUT2D eigenvalue weighted by atomic mass is 9.87. The number of rotatable bonds is 5. The summed E-state index contributed by atoms with van der Waals surface area (Å²) in [6, 6.07) is -0.777. The third kappa shape index (κ3) is 3.00. The van der Waals surface area contributed by atoms with E-state index in [1.165, 1.54) is 5.56 Å². The second-order valence-electron chi connectivity index (χ2n) is 5.37. The number of aliphatic carboxylic acids is 1. The first-order chi connectivity index (χ1) is 9.52. The van der Waals surface area contributed by atoms with Crippen molar-refractivity contribution in [3.05, 3.63) is 17.5 Å². The van der Waals surface area contributed by atoms with Crippen LogP contribution in [0.2, 0.25) is 0 Å². The van der Waals surface area contributed by atoms with Crippen LogP contribution < -0.4 is 5.32 Å². The third-order valence-electron chi connectivity index (χ3n) is 3.91. The first kappa shape index (κ1) is 14.6. The maximum atomic E-state index is 12.2.